The molecule has 0 saturated heterocycles. The zero-order valence-corrected chi connectivity index (χ0v) is 23.0. The highest BCUT2D eigenvalue weighted by molar-refractivity contribution is 9.10. The van der Waals surface area contributed by atoms with Crippen LogP contribution in [0.5, 0.6) is 0 Å². The Morgan fingerprint density at radius 2 is 1.83 bits per heavy atom. The molecule has 0 aliphatic heterocycles. The lowest BCUT2D eigenvalue weighted by molar-refractivity contribution is -0.141. The Kier molecular flexibility index (Phi) is 9.90. The van der Waals surface area contributed by atoms with Crippen LogP contribution in [0.3, 0.4) is 0 Å². The molecule has 2 amide bonds. The number of hydrogen-bond acceptors (Lipinski definition) is 4. The van der Waals surface area contributed by atoms with Crippen molar-refractivity contribution in [3.63, 3.8) is 0 Å². The van der Waals surface area contributed by atoms with Crippen LogP contribution in [0.15, 0.2) is 53.0 Å². The predicted octanol–water partition coefficient (Wildman–Crippen LogP) is 4.61. The van der Waals surface area contributed by atoms with E-state index in [4.69, 9.17) is 0 Å². The number of anilines is 1. The quantitative estimate of drug-likeness (QED) is 0.420. The van der Waals surface area contributed by atoms with E-state index in [1.165, 1.54) is 23.1 Å². The lowest BCUT2D eigenvalue weighted by Gasteiger charge is -2.30. The first-order valence-corrected chi connectivity index (χ1v) is 14.8. The molecule has 0 heterocycles. The number of sulfonamides is 1. The van der Waals surface area contributed by atoms with Crippen molar-refractivity contribution in [2.24, 2.45) is 0 Å². The van der Waals surface area contributed by atoms with Gasteiger partial charge in [-0.3, -0.25) is 13.9 Å². The molecule has 0 radical (unpaired) electrons. The van der Waals surface area contributed by atoms with Crippen molar-refractivity contribution in [3.8, 4) is 0 Å². The number of benzene rings is 2. The highest BCUT2D eigenvalue weighted by Gasteiger charge is 2.29. The van der Waals surface area contributed by atoms with Crippen molar-refractivity contribution in [2.75, 3.05) is 17.1 Å². The van der Waals surface area contributed by atoms with E-state index in [0.717, 1.165) is 46.3 Å². The number of rotatable bonds is 11. The van der Waals surface area contributed by atoms with Gasteiger partial charge in [0.15, 0.2) is 0 Å². The number of para-hydroxylation sites is 1. The smallest absolute Gasteiger partial charge is 0.242 e. The zero-order chi connectivity index (χ0) is 26.3. The summed E-state index contributed by atoms with van der Waals surface area (Å²) in [4.78, 5) is 27.9. The molecule has 7 nitrogen and oxygen atoms in total. The van der Waals surface area contributed by atoms with E-state index in [1.54, 1.807) is 13.0 Å². The molecule has 0 aromatic heterocycles. The molecule has 1 saturated carbocycles. The summed E-state index contributed by atoms with van der Waals surface area (Å²) in [6.07, 6.45) is 5.24. The number of halogens is 2. The standard InChI is InChI=1S/C26H33BrFN3O4S/c1-19(26(33)29-22-11-3-4-12-22)30(18-20-9-7-10-21(27)17-20)25(32)15-8-16-31(36(2,34)35)24-14-6-5-13-23(24)28/h5-7,9-10,13-14,17,19,22H,3-4,8,11-12,15-16,18H2,1-2H3,(H,29,33)/t19-/m0/s1. The number of carbonyl (C=O) groups excluding carboxylic acids is 2. The number of hydrogen-bond donors (Lipinski definition) is 1. The van der Waals surface area contributed by atoms with Crippen molar-refractivity contribution in [3.05, 3.63) is 64.4 Å². The van der Waals surface area contributed by atoms with E-state index < -0.39 is 21.9 Å². The summed E-state index contributed by atoms with van der Waals surface area (Å²) in [5, 5.41) is 3.06. The molecule has 2 aromatic carbocycles. The molecule has 196 valence electrons. The van der Waals surface area contributed by atoms with Gasteiger partial charge < -0.3 is 10.2 Å². The fourth-order valence-electron chi connectivity index (χ4n) is 4.44. The second-order valence-corrected chi connectivity index (χ2v) is 12.0. The van der Waals surface area contributed by atoms with Crippen LogP contribution >= 0.6 is 15.9 Å². The number of nitrogens with one attached hydrogen (secondary N) is 1. The van der Waals surface area contributed by atoms with Crippen LogP contribution in [0.25, 0.3) is 0 Å². The summed E-state index contributed by atoms with van der Waals surface area (Å²) in [5.41, 5.74) is 0.810. The fourth-order valence-corrected chi connectivity index (χ4v) is 5.86. The van der Waals surface area contributed by atoms with E-state index >= 15 is 0 Å². The molecule has 36 heavy (non-hydrogen) atoms. The Morgan fingerprint density at radius 1 is 1.14 bits per heavy atom. The summed E-state index contributed by atoms with van der Waals surface area (Å²) < 4.78 is 40.8. The van der Waals surface area contributed by atoms with Crippen molar-refractivity contribution in [2.45, 2.75) is 64.1 Å². The van der Waals surface area contributed by atoms with Gasteiger partial charge in [0.1, 0.15) is 11.9 Å². The van der Waals surface area contributed by atoms with Crippen LogP contribution in [0.1, 0.15) is 51.0 Å². The molecule has 0 spiro atoms. The van der Waals surface area contributed by atoms with Crippen molar-refractivity contribution in [1.82, 2.24) is 10.2 Å². The van der Waals surface area contributed by atoms with Crippen molar-refractivity contribution < 1.29 is 22.4 Å². The summed E-state index contributed by atoms with van der Waals surface area (Å²) in [7, 11) is -3.76. The van der Waals surface area contributed by atoms with Crippen LogP contribution < -0.4 is 9.62 Å². The molecule has 1 N–H and O–H groups in total. The molecule has 1 aliphatic rings. The van der Waals surface area contributed by atoms with Gasteiger partial charge in [0.2, 0.25) is 21.8 Å². The summed E-state index contributed by atoms with van der Waals surface area (Å²) in [6, 6.07) is 12.6. The molecule has 1 aliphatic carbocycles. The highest BCUT2D eigenvalue weighted by atomic mass is 79.9. The van der Waals surface area contributed by atoms with Gasteiger partial charge in [-0.05, 0) is 56.0 Å². The minimum absolute atomic E-state index is 0.00945. The second kappa shape index (κ2) is 12.7. The van der Waals surface area contributed by atoms with Gasteiger partial charge in [-0.1, -0.05) is 53.0 Å². The zero-order valence-electron chi connectivity index (χ0n) is 20.6. The molecular weight excluding hydrogens is 549 g/mol. The summed E-state index contributed by atoms with van der Waals surface area (Å²) in [6.45, 7) is 1.89. The Morgan fingerprint density at radius 3 is 2.47 bits per heavy atom. The van der Waals surface area contributed by atoms with Crippen LogP contribution in [0.4, 0.5) is 10.1 Å². The van der Waals surface area contributed by atoms with Crippen LogP contribution in [-0.4, -0.2) is 50.0 Å². The van der Waals surface area contributed by atoms with Crippen molar-refractivity contribution in [1.29, 1.82) is 0 Å². The molecular formula is C26H33BrFN3O4S. The van der Waals surface area contributed by atoms with E-state index in [-0.39, 0.29) is 49.5 Å². The Balaban J connectivity index is 1.72. The third kappa shape index (κ3) is 7.77. The molecule has 10 heteroatoms. The SMILES string of the molecule is C[C@@H](C(=O)NC1CCCC1)N(Cc1cccc(Br)c1)C(=O)CCCN(c1ccccc1F)S(C)(=O)=O. The lowest BCUT2D eigenvalue weighted by atomic mass is 10.1. The third-order valence-corrected chi connectivity index (χ3v) is 8.06. The first-order valence-electron chi connectivity index (χ1n) is 12.1. The van der Waals surface area contributed by atoms with Gasteiger partial charge in [-0.2, -0.15) is 0 Å². The molecule has 2 aromatic rings. The van der Waals surface area contributed by atoms with Gasteiger partial charge in [-0.15, -0.1) is 0 Å². The van der Waals surface area contributed by atoms with Crippen LogP contribution in [0.2, 0.25) is 0 Å². The predicted molar refractivity (Wildman–Crippen MR) is 142 cm³/mol. The highest BCUT2D eigenvalue weighted by Crippen LogP contribution is 2.23. The first kappa shape index (κ1) is 28.1. The van der Waals surface area contributed by atoms with E-state index in [2.05, 4.69) is 21.2 Å². The van der Waals surface area contributed by atoms with E-state index in [0.29, 0.717) is 0 Å². The van der Waals surface area contributed by atoms with Gasteiger partial charge in [-0.25, -0.2) is 12.8 Å². The largest absolute Gasteiger partial charge is 0.352 e. The summed E-state index contributed by atoms with van der Waals surface area (Å²) >= 11 is 3.44. The Hall–Kier alpha value is -2.46. The van der Waals surface area contributed by atoms with Crippen LogP contribution in [0, 0.1) is 5.82 Å². The molecule has 1 atom stereocenters. The maximum atomic E-state index is 14.3. The fraction of sp³-hybridized carbons (Fsp3) is 0.462. The van der Waals surface area contributed by atoms with Gasteiger partial charge in [0, 0.05) is 30.0 Å². The third-order valence-electron chi connectivity index (χ3n) is 6.38. The van der Waals surface area contributed by atoms with E-state index in [1.807, 2.05) is 24.3 Å². The number of amides is 2. The van der Waals surface area contributed by atoms with Gasteiger partial charge in [0.25, 0.3) is 0 Å². The Labute approximate surface area is 221 Å². The molecule has 3 rings (SSSR count). The first-order chi connectivity index (χ1) is 17.1. The molecule has 0 bridgehead atoms. The normalized spacial score (nSPS) is 14.9. The lowest BCUT2D eigenvalue weighted by Crippen LogP contribution is -2.49. The topological polar surface area (TPSA) is 86.8 Å². The number of nitrogens with zero attached hydrogens (tertiary/aromatic N) is 2. The van der Waals surface area contributed by atoms with E-state index in [9.17, 15) is 22.4 Å². The average Bonchev–Trinajstić information content (AvgIpc) is 3.33. The van der Waals surface area contributed by atoms with Gasteiger partial charge >= 0.3 is 0 Å². The molecule has 0 unspecified atom stereocenters. The molecule has 1 fully saturated rings. The minimum atomic E-state index is -3.76. The van der Waals surface area contributed by atoms with Crippen molar-refractivity contribution >= 4 is 43.5 Å². The monoisotopic (exact) mass is 581 g/mol. The minimum Gasteiger partial charge on any atom is -0.352 e. The van der Waals surface area contributed by atoms with Gasteiger partial charge in [0.05, 0.1) is 11.9 Å². The maximum absolute atomic E-state index is 14.3. The Bertz CT molecular complexity index is 1170. The van der Waals surface area contributed by atoms with Crippen LogP contribution in [-0.2, 0) is 26.2 Å². The average molecular weight is 583 g/mol. The maximum Gasteiger partial charge on any atom is 0.242 e. The second-order valence-electron chi connectivity index (χ2n) is 9.21. The summed E-state index contributed by atoms with van der Waals surface area (Å²) in [5.74, 6) is -1.12. The number of carbonyl (C=O) groups is 2.